The van der Waals surface area contributed by atoms with Crippen LogP contribution in [0.15, 0.2) is 36.5 Å². The number of halogens is 1. The highest BCUT2D eigenvalue weighted by molar-refractivity contribution is 5.88. The summed E-state index contributed by atoms with van der Waals surface area (Å²) < 4.78 is 22.4. The molecule has 2 amide bonds. The second-order valence-corrected chi connectivity index (χ2v) is 10.7. The zero-order chi connectivity index (χ0) is 26.8. The Bertz CT molecular complexity index is 1260. The van der Waals surface area contributed by atoms with Crippen LogP contribution in [0, 0.1) is 11.7 Å². The van der Waals surface area contributed by atoms with E-state index < -0.39 is 23.0 Å². The molecule has 0 aliphatic heterocycles. The minimum atomic E-state index is -0.980. The van der Waals surface area contributed by atoms with Crippen LogP contribution in [0.1, 0.15) is 54.9 Å². The number of hydrogen-bond acceptors (Lipinski definition) is 5. The van der Waals surface area contributed by atoms with Gasteiger partial charge in [-0.1, -0.05) is 6.92 Å². The first kappa shape index (κ1) is 26.9. The van der Waals surface area contributed by atoms with Crippen LogP contribution in [0.4, 0.5) is 15.0 Å². The molecule has 0 saturated heterocycles. The quantitative estimate of drug-likeness (QED) is 0.426. The number of carboxylic acid groups (broad SMARTS) is 1. The molecule has 0 aliphatic carbocycles. The van der Waals surface area contributed by atoms with Crippen LogP contribution in [-0.2, 0) is 4.79 Å². The second-order valence-electron chi connectivity index (χ2n) is 10.7. The van der Waals surface area contributed by atoms with Gasteiger partial charge in [-0.05, 0) is 65.2 Å². The largest absolute Gasteiger partial charge is 0.490 e. The molecule has 36 heavy (non-hydrogen) atoms. The van der Waals surface area contributed by atoms with Crippen LogP contribution in [0.2, 0.25) is 0 Å². The number of fused-ring (bicyclic) bond motifs is 1. The maximum absolute atomic E-state index is 15.0. The van der Waals surface area contributed by atoms with Gasteiger partial charge in [-0.2, -0.15) is 5.10 Å². The first-order valence-corrected chi connectivity index (χ1v) is 11.8. The number of hydrogen-bond donors (Lipinski definition) is 2. The van der Waals surface area contributed by atoms with Crippen LogP contribution in [0.25, 0.3) is 16.9 Å². The van der Waals surface area contributed by atoms with Crippen molar-refractivity contribution in [3.8, 4) is 17.0 Å². The van der Waals surface area contributed by atoms with Gasteiger partial charge in [0.05, 0.1) is 18.5 Å². The first-order valence-electron chi connectivity index (χ1n) is 11.8. The Kier molecular flexibility index (Phi) is 7.56. The van der Waals surface area contributed by atoms with E-state index in [-0.39, 0.29) is 24.2 Å². The van der Waals surface area contributed by atoms with E-state index in [0.717, 1.165) is 0 Å². The lowest BCUT2D eigenvalue weighted by Crippen LogP contribution is -2.57. The van der Waals surface area contributed by atoms with Gasteiger partial charge in [0.2, 0.25) is 5.91 Å². The predicted octanol–water partition coefficient (Wildman–Crippen LogP) is 5.46. The molecular formula is C26H34FN5O4. The summed E-state index contributed by atoms with van der Waals surface area (Å²) in [6, 6.07) is 7.94. The van der Waals surface area contributed by atoms with E-state index in [1.165, 1.54) is 17.9 Å². The van der Waals surface area contributed by atoms with Crippen LogP contribution < -0.4 is 10.1 Å². The Morgan fingerprint density at radius 3 is 2.47 bits per heavy atom. The van der Waals surface area contributed by atoms with Gasteiger partial charge in [-0.15, -0.1) is 0 Å². The Hall–Kier alpha value is -3.69. The Labute approximate surface area is 210 Å². The highest BCUT2D eigenvalue weighted by Gasteiger charge is 2.39. The molecule has 3 rings (SSSR count). The van der Waals surface area contributed by atoms with E-state index in [0.29, 0.717) is 29.1 Å². The number of nitrogens with zero attached hydrogens (tertiary/aromatic N) is 4. The lowest BCUT2D eigenvalue weighted by atomic mass is 9.87. The van der Waals surface area contributed by atoms with Gasteiger partial charge < -0.3 is 15.2 Å². The van der Waals surface area contributed by atoms with Crippen molar-refractivity contribution in [1.29, 1.82) is 0 Å². The highest BCUT2D eigenvalue weighted by Crippen LogP contribution is 2.32. The molecule has 1 atom stereocenters. The molecule has 194 valence electrons. The fourth-order valence-corrected chi connectivity index (χ4v) is 4.83. The molecule has 10 heteroatoms. The smallest absolute Gasteiger partial charge is 0.408 e. The number of benzene rings is 1. The summed E-state index contributed by atoms with van der Waals surface area (Å²) in [5.41, 5.74) is 0.408. The average molecular weight is 500 g/mol. The zero-order valence-corrected chi connectivity index (χ0v) is 21.8. The molecule has 0 saturated carbocycles. The van der Waals surface area contributed by atoms with E-state index in [1.54, 1.807) is 35.0 Å². The molecule has 0 fully saturated rings. The SMILES string of the molecule is CC(=O)Nc1cc(-c2ccc(OC[C@@H](C)CC(C)(C)N(C(=O)O)C(C)(C)C)c(F)c2)n2nccc2n1. The number of rotatable bonds is 8. The minimum absolute atomic E-state index is 0.0348. The average Bonchev–Trinajstić information content (AvgIpc) is 3.18. The van der Waals surface area contributed by atoms with Crippen molar-refractivity contribution in [2.75, 3.05) is 11.9 Å². The molecule has 2 aromatic heterocycles. The molecule has 0 bridgehead atoms. The topological polar surface area (TPSA) is 109 Å². The Morgan fingerprint density at radius 1 is 1.19 bits per heavy atom. The van der Waals surface area contributed by atoms with Crippen molar-refractivity contribution < 1.29 is 23.8 Å². The molecule has 2 N–H and O–H groups in total. The molecule has 9 nitrogen and oxygen atoms in total. The summed E-state index contributed by atoms with van der Waals surface area (Å²) in [7, 11) is 0. The standard InChI is InChI=1S/C26H34FN5O4/c1-16(14-26(6,7)32(24(34)35)25(3,4)5)15-36-21-9-8-18(12-19(21)27)20-13-22(29-17(2)33)30-23-10-11-28-31(20)23/h8-13,16H,14-15H2,1-7H3,(H,34,35)(H,29,30,33)/t16-/m0/s1. The minimum Gasteiger partial charge on any atom is -0.490 e. The van der Waals surface area contributed by atoms with E-state index in [1.807, 2.05) is 41.5 Å². The van der Waals surface area contributed by atoms with Crippen molar-refractivity contribution in [3.63, 3.8) is 0 Å². The van der Waals surface area contributed by atoms with Crippen LogP contribution in [0.3, 0.4) is 0 Å². The Balaban J connectivity index is 1.76. The zero-order valence-electron chi connectivity index (χ0n) is 21.8. The molecule has 0 aliphatic rings. The number of anilines is 1. The van der Waals surface area contributed by atoms with Gasteiger partial charge in [0.1, 0.15) is 5.82 Å². The third-order valence-electron chi connectivity index (χ3n) is 5.73. The number of carbonyl (C=O) groups is 2. The van der Waals surface area contributed by atoms with Gasteiger partial charge in [0, 0.05) is 35.7 Å². The molecule has 2 heterocycles. The summed E-state index contributed by atoms with van der Waals surface area (Å²) >= 11 is 0. The van der Waals surface area contributed by atoms with Gasteiger partial charge in [-0.25, -0.2) is 18.7 Å². The number of amides is 2. The van der Waals surface area contributed by atoms with Gasteiger partial charge in [0.15, 0.2) is 17.2 Å². The summed E-state index contributed by atoms with van der Waals surface area (Å²) in [4.78, 5) is 29.2. The van der Waals surface area contributed by atoms with E-state index >= 15 is 4.39 Å². The first-order chi connectivity index (χ1) is 16.7. The highest BCUT2D eigenvalue weighted by atomic mass is 19.1. The molecule has 0 unspecified atom stereocenters. The molecule has 0 spiro atoms. The van der Waals surface area contributed by atoms with Crippen LogP contribution in [0.5, 0.6) is 5.75 Å². The van der Waals surface area contributed by atoms with E-state index in [4.69, 9.17) is 4.74 Å². The lowest BCUT2D eigenvalue weighted by molar-refractivity contribution is -0.114. The normalized spacial score (nSPS) is 12.9. The van der Waals surface area contributed by atoms with Crippen molar-refractivity contribution in [2.45, 2.75) is 66.0 Å². The lowest BCUT2D eigenvalue weighted by Gasteiger charge is -2.46. The number of aromatic nitrogens is 3. The van der Waals surface area contributed by atoms with Crippen LogP contribution >= 0.6 is 0 Å². The van der Waals surface area contributed by atoms with Crippen molar-refractivity contribution in [2.24, 2.45) is 5.92 Å². The maximum Gasteiger partial charge on any atom is 0.408 e. The van der Waals surface area contributed by atoms with E-state index in [2.05, 4.69) is 15.4 Å². The molecular weight excluding hydrogens is 465 g/mol. The monoisotopic (exact) mass is 499 g/mol. The number of carbonyl (C=O) groups excluding carboxylic acids is 1. The predicted molar refractivity (Wildman–Crippen MR) is 136 cm³/mol. The molecule has 3 aromatic rings. The third kappa shape index (κ3) is 6.10. The van der Waals surface area contributed by atoms with Crippen molar-refractivity contribution in [1.82, 2.24) is 19.5 Å². The van der Waals surface area contributed by atoms with Crippen molar-refractivity contribution >= 4 is 23.5 Å². The fourth-order valence-electron chi connectivity index (χ4n) is 4.83. The third-order valence-corrected chi connectivity index (χ3v) is 5.73. The van der Waals surface area contributed by atoms with Gasteiger partial charge in [0.25, 0.3) is 0 Å². The number of ether oxygens (including phenoxy) is 1. The van der Waals surface area contributed by atoms with Crippen molar-refractivity contribution in [3.05, 3.63) is 42.3 Å². The van der Waals surface area contributed by atoms with Gasteiger partial charge >= 0.3 is 6.09 Å². The second kappa shape index (κ2) is 10.1. The molecule has 1 aromatic carbocycles. The fraction of sp³-hybridized carbons (Fsp3) is 0.462. The summed E-state index contributed by atoms with van der Waals surface area (Å²) in [5.74, 6) is -0.402. The summed E-state index contributed by atoms with van der Waals surface area (Å²) in [5, 5.41) is 16.6. The summed E-state index contributed by atoms with van der Waals surface area (Å²) in [6.45, 7) is 12.9. The van der Waals surface area contributed by atoms with E-state index in [9.17, 15) is 14.7 Å². The summed E-state index contributed by atoms with van der Waals surface area (Å²) in [6.07, 6.45) is 1.13. The Morgan fingerprint density at radius 2 is 1.89 bits per heavy atom. The van der Waals surface area contributed by atoms with Crippen LogP contribution in [-0.4, -0.2) is 54.3 Å². The molecule has 0 radical (unpaired) electrons. The number of nitrogens with one attached hydrogen (secondary N) is 1. The van der Waals surface area contributed by atoms with Gasteiger partial charge in [-0.3, -0.25) is 9.69 Å². The maximum atomic E-state index is 15.0.